The van der Waals surface area contributed by atoms with E-state index in [4.69, 9.17) is 4.74 Å². The molecular weight excluding hydrogens is 234 g/mol. The van der Waals surface area contributed by atoms with Crippen LogP contribution in [0, 0.1) is 0 Å². The maximum atomic E-state index is 12.4. The first-order valence-electron chi connectivity index (χ1n) is 6.28. The van der Waals surface area contributed by atoms with Crippen molar-refractivity contribution in [2.45, 2.75) is 32.4 Å². The normalized spacial score (nSPS) is 20.7. The number of hydrogen-bond acceptors (Lipinski definition) is 4. The zero-order valence-electron chi connectivity index (χ0n) is 11.6. The van der Waals surface area contributed by atoms with Crippen molar-refractivity contribution in [2.75, 3.05) is 33.3 Å². The van der Waals surface area contributed by atoms with Gasteiger partial charge in [0.2, 0.25) is 5.91 Å². The molecular formula is C12H23N3O3. The number of amides is 2. The van der Waals surface area contributed by atoms with E-state index in [1.54, 1.807) is 18.7 Å². The molecule has 6 nitrogen and oxygen atoms in total. The molecule has 0 aliphatic carbocycles. The summed E-state index contributed by atoms with van der Waals surface area (Å²) in [5.74, 6) is -0.271. The predicted octanol–water partition coefficient (Wildman–Crippen LogP) is -0.652. The second-order valence-electron chi connectivity index (χ2n) is 4.83. The average molecular weight is 257 g/mol. The third-order valence-corrected chi connectivity index (χ3v) is 3.18. The minimum absolute atomic E-state index is 0.120. The van der Waals surface area contributed by atoms with Crippen LogP contribution in [-0.2, 0) is 14.3 Å². The smallest absolute Gasteiger partial charge is 0.254 e. The molecule has 0 bridgehead atoms. The van der Waals surface area contributed by atoms with Gasteiger partial charge in [-0.25, -0.2) is 0 Å². The minimum atomic E-state index is -0.901. The highest BCUT2D eigenvalue weighted by molar-refractivity contribution is 5.91. The van der Waals surface area contributed by atoms with Crippen LogP contribution in [0.2, 0.25) is 0 Å². The van der Waals surface area contributed by atoms with E-state index in [0.29, 0.717) is 26.2 Å². The Morgan fingerprint density at radius 3 is 2.72 bits per heavy atom. The Kier molecular flexibility index (Phi) is 5.10. The molecule has 1 unspecified atom stereocenters. The lowest BCUT2D eigenvalue weighted by molar-refractivity contribution is -0.157. The summed E-state index contributed by atoms with van der Waals surface area (Å²) < 4.78 is 5.20. The van der Waals surface area contributed by atoms with Crippen LogP contribution < -0.4 is 10.6 Å². The summed E-state index contributed by atoms with van der Waals surface area (Å²) in [6, 6.07) is -0.458. The standard InChI is InChI=1S/C12H23N3O3/c1-5-14-10(16)9-8-13-6-7-15(9)11(17)12(2,3)18-4/h9,13H,5-8H2,1-4H3,(H,14,16). The molecule has 1 rings (SSSR count). The molecule has 0 aromatic heterocycles. The Bertz CT molecular complexity index is 318. The number of piperazine rings is 1. The Morgan fingerprint density at radius 1 is 1.50 bits per heavy atom. The third kappa shape index (κ3) is 3.20. The summed E-state index contributed by atoms with van der Waals surface area (Å²) >= 11 is 0. The van der Waals surface area contributed by atoms with Gasteiger partial charge in [-0.05, 0) is 20.8 Å². The summed E-state index contributed by atoms with van der Waals surface area (Å²) in [5, 5.41) is 5.89. The van der Waals surface area contributed by atoms with Crippen LogP contribution in [0.25, 0.3) is 0 Å². The van der Waals surface area contributed by atoms with Gasteiger partial charge in [0.25, 0.3) is 5.91 Å². The maximum absolute atomic E-state index is 12.4. The van der Waals surface area contributed by atoms with Gasteiger partial charge in [0.1, 0.15) is 11.6 Å². The summed E-state index contributed by atoms with van der Waals surface area (Å²) in [5.41, 5.74) is -0.901. The molecule has 0 saturated carbocycles. The van der Waals surface area contributed by atoms with Crippen LogP contribution in [0.1, 0.15) is 20.8 Å². The van der Waals surface area contributed by atoms with Gasteiger partial charge in [0, 0.05) is 33.3 Å². The van der Waals surface area contributed by atoms with E-state index in [0.717, 1.165) is 0 Å². The highest BCUT2D eigenvalue weighted by Gasteiger charge is 2.39. The molecule has 1 aliphatic heterocycles. The third-order valence-electron chi connectivity index (χ3n) is 3.18. The number of likely N-dealkylation sites (N-methyl/N-ethyl adjacent to an activating group) is 1. The average Bonchev–Trinajstić information content (AvgIpc) is 2.38. The highest BCUT2D eigenvalue weighted by Crippen LogP contribution is 2.16. The van der Waals surface area contributed by atoms with Crippen LogP contribution in [-0.4, -0.2) is 61.6 Å². The largest absolute Gasteiger partial charge is 0.369 e. The number of ether oxygens (including phenoxy) is 1. The lowest BCUT2D eigenvalue weighted by atomic mass is 10.0. The van der Waals surface area contributed by atoms with Crippen LogP contribution in [0.15, 0.2) is 0 Å². The quantitative estimate of drug-likeness (QED) is 0.702. The fraction of sp³-hybridized carbons (Fsp3) is 0.833. The molecule has 1 heterocycles. The fourth-order valence-corrected chi connectivity index (χ4v) is 1.91. The second-order valence-corrected chi connectivity index (χ2v) is 4.83. The number of nitrogens with one attached hydrogen (secondary N) is 2. The predicted molar refractivity (Wildman–Crippen MR) is 68.1 cm³/mol. The van der Waals surface area contributed by atoms with E-state index in [-0.39, 0.29) is 11.8 Å². The van der Waals surface area contributed by atoms with Crippen molar-refractivity contribution in [3.8, 4) is 0 Å². The maximum Gasteiger partial charge on any atom is 0.254 e. The zero-order chi connectivity index (χ0) is 13.8. The van der Waals surface area contributed by atoms with Gasteiger partial charge in [-0.3, -0.25) is 9.59 Å². The van der Waals surface area contributed by atoms with Crippen molar-refractivity contribution < 1.29 is 14.3 Å². The number of hydrogen-bond donors (Lipinski definition) is 2. The van der Waals surface area contributed by atoms with Gasteiger partial charge < -0.3 is 20.3 Å². The van der Waals surface area contributed by atoms with Crippen molar-refractivity contribution in [3.05, 3.63) is 0 Å². The molecule has 18 heavy (non-hydrogen) atoms. The number of carbonyl (C=O) groups is 2. The molecule has 0 spiro atoms. The van der Waals surface area contributed by atoms with Crippen molar-refractivity contribution >= 4 is 11.8 Å². The first-order chi connectivity index (χ1) is 8.44. The number of rotatable bonds is 4. The van der Waals surface area contributed by atoms with Gasteiger partial charge >= 0.3 is 0 Å². The topological polar surface area (TPSA) is 70.7 Å². The van der Waals surface area contributed by atoms with E-state index >= 15 is 0 Å². The van der Waals surface area contributed by atoms with E-state index < -0.39 is 11.6 Å². The monoisotopic (exact) mass is 257 g/mol. The first-order valence-corrected chi connectivity index (χ1v) is 6.28. The van der Waals surface area contributed by atoms with E-state index in [2.05, 4.69) is 10.6 Å². The summed E-state index contributed by atoms with van der Waals surface area (Å²) in [4.78, 5) is 25.9. The fourth-order valence-electron chi connectivity index (χ4n) is 1.91. The molecule has 1 aliphatic rings. The molecule has 0 aromatic carbocycles. The molecule has 1 saturated heterocycles. The second kappa shape index (κ2) is 6.15. The van der Waals surface area contributed by atoms with Crippen molar-refractivity contribution in [2.24, 2.45) is 0 Å². The highest BCUT2D eigenvalue weighted by atomic mass is 16.5. The van der Waals surface area contributed by atoms with E-state index in [9.17, 15) is 9.59 Å². The molecule has 2 amide bonds. The number of methoxy groups -OCH3 is 1. The molecule has 104 valence electrons. The van der Waals surface area contributed by atoms with Gasteiger partial charge in [-0.1, -0.05) is 0 Å². The molecule has 6 heteroatoms. The number of nitrogens with zero attached hydrogens (tertiary/aromatic N) is 1. The van der Waals surface area contributed by atoms with Gasteiger partial charge in [0.15, 0.2) is 0 Å². The lowest BCUT2D eigenvalue weighted by Crippen LogP contribution is -2.63. The summed E-state index contributed by atoms with van der Waals surface area (Å²) in [7, 11) is 1.50. The van der Waals surface area contributed by atoms with E-state index in [1.165, 1.54) is 7.11 Å². The van der Waals surface area contributed by atoms with E-state index in [1.807, 2.05) is 6.92 Å². The minimum Gasteiger partial charge on any atom is -0.369 e. The number of carbonyl (C=O) groups excluding carboxylic acids is 2. The Hall–Kier alpha value is -1.14. The first kappa shape index (κ1) is 14.9. The van der Waals surface area contributed by atoms with Crippen LogP contribution >= 0.6 is 0 Å². The van der Waals surface area contributed by atoms with Crippen molar-refractivity contribution in [1.82, 2.24) is 15.5 Å². The molecule has 1 fully saturated rings. The molecule has 1 atom stereocenters. The van der Waals surface area contributed by atoms with Crippen LogP contribution in [0.4, 0.5) is 0 Å². The lowest BCUT2D eigenvalue weighted by Gasteiger charge is -2.39. The SMILES string of the molecule is CCNC(=O)C1CNCCN1C(=O)C(C)(C)OC. The molecule has 0 radical (unpaired) electrons. The van der Waals surface area contributed by atoms with Gasteiger partial charge in [-0.15, -0.1) is 0 Å². The summed E-state index contributed by atoms with van der Waals surface area (Å²) in [6.07, 6.45) is 0. The molecule has 0 aromatic rings. The Morgan fingerprint density at radius 2 is 2.17 bits per heavy atom. The van der Waals surface area contributed by atoms with Gasteiger partial charge in [-0.2, -0.15) is 0 Å². The van der Waals surface area contributed by atoms with Crippen molar-refractivity contribution in [3.63, 3.8) is 0 Å². The Balaban J connectivity index is 2.82. The molecule has 2 N–H and O–H groups in total. The van der Waals surface area contributed by atoms with Crippen LogP contribution in [0.3, 0.4) is 0 Å². The summed E-state index contributed by atoms with van der Waals surface area (Å²) in [6.45, 7) is 7.55. The Labute approximate surface area is 108 Å². The zero-order valence-corrected chi connectivity index (χ0v) is 11.6. The van der Waals surface area contributed by atoms with Gasteiger partial charge in [0.05, 0.1) is 0 Å². The van der Waals surface area contributed by atoms with Crippen LogP contribution in [0.5, 0.6) is 0 Å². The van der Waals surface area contributed by atoms with Crippen molar-refractivity contribution in [1.29, 1.82) is 0 Å².